The van der Waals surface area contributed by atoms with Crippen molar-refractivity contribution in [1.82, 2.24) is 35.1 Å². The summed E-state index contributed by atoms with van der Waals surface area (Å²) < 4.78 is 3.03. The first kappa shape index (κ1) is 18.5. The number of pyridine rings is 1. The summed E-state index contributed by atoms with van der Waals surface area (Å²) in [5.74, 6) is -1.29. The maximum Gasteiger partial charge on any atom is 0.325 e. The summed E-state index contributed by atoms with van der Waals surface area (Å²) in [6.07, 6.45) is 4.05. The highest BCUT2D eigenvalue weighted by Gasteiger charge is 2.18. The van der Waals surface area contributed by atoms with E-state index in [4.69, 9.17) is 5.11 Å². The van der Waals surface area contributed by atoms with Gasteiger partial charge in [-0.05, 0) is 26.3 Å². The van der Waals surface area contributed by atoms with Gasteiger partial charge in [-0.3, -0.25) is 9.59 Å². The van der Waals surface area contributed by atoms with Crippen LogP contribution >= 0.6 is 0 Å². The average Bonchev–Trinajstić information content (AvgIpc) is 3.24. The second-order valence-corrected chi connectivity index (χ2v) is 6.38. The van der Waals surface area contributed by atoms with Gasteiger partial charge in [0.1, 0.15) is 12.2 Å². The van der Waals surface area contributed by atoms with E-state index in [1.54, 1.807) is 12.3 Å². The molecule has 1 unspecified atom stereocenters. The second-order valence-electron chi connectivity index (χ2n) is 6.38. The number of carbonyl (C=O) groups excluding carboxylic acids is 1. The Bertz CT molecular complexity index is 992. The van der Waals surface area contributed by atoms with Crippen LogP contribution in [-0.4, -0.2) is 46.7 Å². The van der Waals surface area contributed by atoms with Crippen LogP contribution in [0, 0.1) is 6.92 Å². The minimum absolute atomic E-state index is 0.140. The quantitative estimate of drug-likeness (QED) is 0.641. The SMILES string of the molecule is CCC(C)n1ncc2c(C(=O)NCc3cn(CC(=O)O)nn3)cc(C)nc21. The van der Waals surface area contributed by atoms with Crippen molar-refractivity contribution in [3.05, 3.63) is 35.4 Å². The van der Waals surface area contributed by atoms with Crippen molar-refractivity contribution in [3.63, 3.8) is 0 Å². The maximum absolute atomic E-state index is 12.7. The minimum Gasteiger partial charge on any atom is -0.480 e. The lowest BCUT2D eigenvalue weighted by Gasteiger charge is -2.11. The molecule has 0 bridgehead atoms. The number of nitrogens with zero attached hydrogens (tertiary/aromatic N) is 6. The number of rotatable bonds is 7. The Hall–Kier alpha value is -3.30. The van der Waals surface area contributed by atoms with E-state index in [-0.39, 0.29) is 25.0 Å². The summed E-state index contributed by atoms with van der Waals surface area (Å²) in [6.45, 7) is 5.82. The van der Waals surface area contributed by atoms with Gasteiger partial charge in [-0.15, -0.1) is 5.10 Å². The molecule has 10 heteroatoms. The molecular weight excluding hydrogens is 350 g/mol. The van der Waals surface area contributed by atoms with Crippen LogP contribution in [0.3, 0.4) is 0 Å². The van der Waals surface area contributed by atoms with Gasteiger partial charge in [-0.1, -0.05) is 12.1 Å². The molecule has 0 aliphatic heterocycles. The summed E-state index contributed by atoms with van der Waals surface area (Å²) in [4.78, 5) is 27.9. The first-order valence-electron chi connectivity index (χ1n) is 8.63. The lowest BCUT2D eigenvalue weighted by molar-refractivity contribution is -0.137. The number of hydrogen-bond acceptors (Lipinski definition) is 6. The summed E-state index contributed by atoms with van der Waals surface area (Å²) in [5, 5.41) is 24.2. The van der Waals surface area contributed by atoms with Crippen molar-refractivity contribution >= 4 is 22.9 Å². The zero-order valence-corrected chi connectivity index (χ0v) is 15.4. The Balaban J connectivity index is 1.80. The molecule has 0 aromatic carbocycles. The number of hydrogen-bond donors (Lipinski definition) is 2. The third kappa shape index (κ3) is 3.94. The number of carboxylic acid groups (broad SMARTS) is 1. The molecule has 0 spiro atoms. The molecule has 0 aliphatic carbocycles. The number of aryl methyl sites for hydroxylation is 1. The number of carbonyl (C=O) groups is 2. The van der Waals surface area contributed by atoms with Crippen LogP contribution in [0.5, 0.6) is 0 Å². The molecule has 3 heterocycles. The first-order chi connectivity index (χ1) is 12.9. The predicted molar refractivity (Wildman–Crippen MR) is 96.1 cm³/mol. The fourth-order valence-electron chi connectivity index (χ4n) is 2.73. The topological polar surface area (TPSA) is 128 Å². The van der Waals surface area contributed by atoms with Gasteiger partial charge >= 0.3 is 5.97 Å². The number of aliphatic carboxylic acids is 1. The fraction of sp³-hybridized carbons (Fsp3) is 0.412. The van der Waals surface area contributed by atoms with E-state index in [0.717, 1.165) is 12.1 Å². The van der Waals surface area contributed by atoms with Crippen LogP contribution in [-0.2, 0) is 17.9 Å². The van der Waals surface area contributed by atoms with E-state index in [2.05, 4.69) is 39.6 Å². The van der Waals surface area contributed by atoms with Crippen LogP contribution in [0.2, 0.25) is 0 Å². The summed E-state index contributed by atoms with van der Waals surface area (Å²) in [7, 11) is 0. The smallest absolute Gasteiger partial charge is 0.325 e. The van der Waals surface area contributed by atoms with E-state index in [1.165, 1.54) is 10.9 Å². The van der Waals surface area contributed by atoms with Crippen molar-refractivity contribution in [2.45, 2.75) is 46.3 Å². The van der Waals surface area contributed by atoms with Crippen LogP contribution < -0.4 is 5.32 Å². The molecule has 0 saturated heterocycles. The van der Waals surface area contributed by atoms with Gasteiger partial charge in [-0.25, -0.2) is 14.3 Å². The Labute approximate surface area is 155 Å². The average molecular weight is 371 g/mol. The molecule has 0 fully saturated rings. The molecule has 142 valence electrons. The van der Waals surface area contributed by atoms with E-state index in [0.29, 0.717) is 22.3 Å². The molecule has 2 N–H and O–H groups in total. The highest BCUT2D eigenvalue weighted by Crippen LogP contribution is 2.22. The Morgan fingerprint density at radius 2 is 2.15 bits per heavy atom. The van der Waals surface area contributed by atoms with Crippen molar-refractivity contribution in [2.24, 2.45) is 0 Å². The zero-order chi connectivity index (χ0) is 19.6. The van der Waals surface area contributed by atoms with Crippen LogP contribution in [0.1, 0.15) is 48.1 Å². The monoisotopic (exact) mass is 371 g/mol. The molecule has 10 nitrogen and oxygen atoms in total. The number of aromatic nitrogens is 6. The number of fused-ring (bicyclic) bond motifs is 1. The largest absolute Gasteiger partial charge is 0.480 e. The highest BCUT2D eigenvalue weighted by molar-refractivity contribution is 6.05. The van der Waals surface area contributed by atoms with Crippen molar-refractivity contribution in [3.8, 4) is 0 Å². The molecule has 3 aromatic rings. The van der Waals surface area contributed by atoms with E-state index in [9.17, 15) is 9.59 Å². The molecule has 1 amide bonds. The number of nitrogens with one attached hydrogen (secondary N) is 1. The van der Waals surface area contributed by atoms with E-state index >= 15 is 0 Å². The molecular formula is C17H21N7O3. The molecule has 27 heavy (non-hydrogen) atoms. The van der Waals surface area contributed by atoms with Gasteiger partial charge in [0.05, 0.1) is 35.9 Å². The summed E-state index contributed by atoms with van der Waals surface area (Å²) >= 11 is 0. The third-order valence-electron chi connectivity index (χ3n) is 4.26. The van der Waals surface area contributed by atoms with E-state index < -0.39 is 5.97 Å². The minimum atomic E-state index is -1.01. The first-order valence-corrected chi connectivity index (χ1v) is 8.63. The lowest BCUT2D eigenvalue weighted by Crippen LogP contribution is -2.23. The maximum atomic E-state index is 12.7. The molecule has 0 saturated carbocycles. The molecule has 3 aromatic heterocycles. The number of amides is 1. The molecule has 1 atom stereocenters. The van der Waals surface area contributed by atoms with Crippen molar-refractivity contribution in [1.29, 1.82) is 0 Å². The van der Waals surface area contributed by atoms with E-state index in [1.807, 2.05) is 11.6 Å². The second kappa shape index (κ2) is 7.52. The zero-order valence-electron chi connectivity index (χ0n) is 15.4. The standard InChI is InChI=1S/C17H21N7O3/c1-4-11(3)24-16-14(7-19-24)13(5-10(2)20-16)17(27)18-6-12-8-23(22-21-12)9-15(25)26/h5,7-8,11H,4,6,9H2,1-3H3,(H,18,27)(H,25,26). The normalized spacial score (nSPS) is 12.3. The Morgan fingerprint density at radius 1 is 1.37 bits per heavy atom. The molecule has 0 aliphatic rings. The van der Waals surface area contributed by atoms with Crippen LogP contribution in [0.4, 0.5) is 0 Å². The van der Waals surface area contributed by atoms with Gasteiger partial charge < -0.3 is 10.4 Å². The van der Waals surface area contributed by atoms with Gasteiger partial charge in [0.15, 0.2) is 5.65 Å². The fourth-order valence-corrected chi connectivity index (χ4v) is 2.73. The highest BCUT2D eigenvalue weighted by atomic mass is 16.4. The molecule has 3 rings (SSSR count). The van der Waals surface area contributed by atoms with Crippen LogP contribution in [0.15, 0.2) is 18.5 Å². The Kier molecular flexibility index (Phi) is 5.15. The summed E-state index contributed by atoms with van der Waals surface area (Å²) in [6, 6.07) is 1.90. The van der Waals surface area contributed by atoms with Crippen molar-refractivity contribution in [2.75, 3.05) is 0 Å². The van der Waals surface area contributed by atoms with Gasteiger partial charge in [0, 0.05) is 5.69 Å². The Morgan fingerprint density at radius 3 is 2.85 bits per heavy atom. The summed E-state index contributed by atoms with van der Waals surface area (Å²) in [5.41, 5.74) is 2.37. The lowest BCUT2D eigenvalue weighted by atomic mass is 10.1. The van der Waals surface area contributed by atoms with Gasteiger partial charge in [0.25, 0.3) is 5.91 Å². The van der Waals surface area contributed by atoms with Gasteiger partial charge in [0.2, 0.25) is 0 Å². The van der Waals surface area contributed by atoms with Crippen LogP contribution in [0.25, 0.3) is 11.0 Å². The van der Waals surface area contributed by atoms with Crippen molar-refractivity contribution < 1.29 is 14.7 Å². The molecule has 0 radical (unpaired) electrons. The van der Waals surface area contributed by atoms with Gasteiger partial charge in [-0.2, -0.15) is 5.10 Å². The third-order valence-corrected chi connectivity index (χ3v) is 4.26. The predicted octanol–water partition coefficient (Wildman–Crippen LogP) is 1.32. The number of carboxylic acids is 1.